The zero-order chi connectivity index (χ0) is 16.0. The average Bonchev–Trinajstić information content (AvgIpc) is 2.53. The molecule has 2 rings (SSSR count). The first kappa shape index (κ1) is 15.5. The zero-order valence-corrected chi connectivity index (χ0v) is 12.2. The van der Waals surface area contributed by atoms with Crippen molar-refractivity contribution in [1.29, 1.82) is 5.26 Å². The van der Waals surface area contributed by atoms with Crippen LogP contribution < -0.4 is 10.9 Å². The molecule has 0 radical (unpaired) electrons. The highest BCUT2D eigenvalue weighted by molar-refractivity contribution is 5.78. The number of aliphatic hydroxyl groups is 1. The highest BCUT2D eigenvalue weighted by Gasteiger charge is 2.26. The Labute approximate surface area is 129 Å². The van der Waals surface area contributed by atoms with E-state index in [0.29, 0.717) is 16.8 Å². The van der Waals surface area contributed by atoms with Crippen LogP contribution in [-0.4, -0.2) is 11.0 Å². The van der Waals surface area contributed by atoms with Crippen molar-refractivity contribution >= 4 is 11.6 Å². The fraction of sp³-hybridized carbons (Fsp3) is 0.176. The third kappa shape index (κ3) is 4.08. The fourth-order valence-electron chi connectivity index (χ4n) is 2.06. The zero-order valence-electron chi connectivity index (χ0n) is 12.2. The van der Waals surface area contributed by atoms with Crippen LogP contribution in [0.25, 0.3) is 0 Å². The Balaban J connectivity index is 1.94. The van der Waals surface area contributed by atoms with Crippen LogP contribution in [0.2, 0.25) is 0 Å². The molecule has 0 aliphatic heterocycles. The number of nitrogens with one attached hydrogen (secondary N) is 2. The van der Waals surface area contributed by atoms with Gasteiger partial charge in [0, 0.05) is 0 Å². The molecule has 0 spiro atoms. The molecule has 0 bridgehead atoms. The molecule has 0 saturated heterocycles. The maximum absolute atomic E-state index is 12.0. The van der Waals surface area contributed by atoms with E-state index in [0.717, 1.165) is 0 Å². The molecule has 22 heavy (non-hydrogen) atoms. The van der Waals surface area contributed by atoms with Crippen LogP contribution in [0.4, 0.5) is 5.69 Å². The van der Waals surface area contributed by atoms with Crippen molar-refractivity contribution in [3.63, 3.8) is 0 Å². The van der Waals surface area contributed by atoms with Gasteiger partial charge in [-0.15, -0.1) is 0 Å². The summed E-state index contributed by atoms with van der Waals surface area (Å²) in [6.07, 6.45) is -0.0814. The van der Waals surface area contributed by atoms with Crippen LogP contribution in [0.3, 0.4) is 0 Å². The number of nitriles is 1. The molecule has 1 unspecified atom stereocenters. The smallest absolute Gasteiger partial charge is 0.241 e. The van der Waals surface area contributed by atoms with E-state index >= 15 is 0 Å². The minimum atomic E-state index is -1.25. The van der Waals surface area contributed by atoms with Gasteiger partial charge < -0.3 is 5.11 Å². The number of rotatable bonds is 5. The van der Waals surface area contributed by atoms with Gasteiger partial charge >= 0.3 is 0 Å². The van der Waals surface area contributed by atoms with E-state index < -0.39 is 5.60 Å². The van der Waals surface area contributed by atoms with Gasteiger partial charge in [-0.05, 0) is 30.7 Å². The molecule has 0 heterocycles. The number of nitrogens with zero attached hydrogens (tertiary/aromatic N) is 1. The topological polar surface area (TPSA) is 85.2 Å². The Bertz CT molecular complexity index is 691. The second-order valence-corrected chi connectivity index (χ2v) is 5.18. The summed E-state index contributed by atoms with van der Waals surface area (Å²) >= 11 is 0. The van der Waals surface area contributed by atoms with E-state index in [4.69, 9.17) is 5.26 Å². The first-order valence-electron chi connectivity index (χ1n) is 6.84. The molecule has 1 amide bonds. The first-order chi connectivity index (χ1) is 10.5. The lowest BCUT2D eigenvalue weighted by molar-refractivity contribution is -0.125. The van der Waals surface area contributed by atoms with Gasteiger partial charge in [0.2, 0.25) is 5.91 Å². The van der Waals surface area contributed by atoms with Crippen molar-refractivity contribution in [2.45, 2.75) is 18.9 Å². The molecule has 5 nitrogen and oxygen atoms in total. The lowest BCUT2D eigenvalue weighted by atomic mass is 9.92. The number of hydrogen-bond donors (Lipinski definition) is 3. The number of benzene rings is 2. The fourth-order valence-corrected chi connectivity index (χ4v) is 2.06. The molecular weight excluding hydrogens is 278 g/mol. The van der Waals surface area contributed by atoms with Crippen LogP contribution in [0, 0.1) is 11.3 Å². The quantitative estimate of drug-likeness (QED) is 0.739. The van der Waals surface area contributed by atoms with Crippen molar-refractivity contribution < 1.29 is 9.90 Å². The largest absolute Gasteiger partial charge is 0.385 e. The number of carbonyl (C=O) groups excluding carboxylic acids is 1. The lowest BCUT2D eigenvalue weighted by Crippen LogP contribution is -2.35. The van der Waals surface area contributed by atoms with Crippen molar-refractivity contribution in [2.24, 2.45) is 0 Å². The number of hydrazine groups is 1. The Morgan fingerprint density at radius 2 is 1.95 bits per heavy atom. The maximum atomic E-state index is 12.0. The van der Waals surface area contributed by atoms with E-state index in [-0.39, 0.29) is 12.3 Å². The highest BCUT2D eigenvalue weighted by Crippen LogP contribution is 2.23. The molecule has 112 valence electrons. The van der Waals surface area contributed by atoms with Crippen molar-refractivity contribution in [2.75, 3.05) is 5.43 Å². The van der Waals surface area contributed by atoms with Gasteiger partial charge in [0.25, 0.3) is 0 Å². The number of anilines is 1. The molecule has 5 heteroatoms. The van der Waals surface area contributed by atoms with Crippen molar-refractivity contribution in [3.05, 3.63) is 65.7 Å². The van der Waals surface area contributed by atoms with Gasteiger partial charge in [-0.1, -0.05) is 36.4 Å². The summed E-state index contributed by atoms with van der Waals surface area (Å²) in [6.45, 7) is 1.60. The highest BCUT2D eigenvalue weighted by atomic mass is 16.3. The van der Waals surface area contributed by atoms with Crippen molar-refractivity contribution in [3.8, 4) is 6.07 Å². The number of amides is 1. The molecule has 2 aromatic carbocycles. The maximum Gasteiger partial charge on any atom is 0.241 e. The molecule has 0 aliphatic carbocycles. The van der Waals surface area contributed by atoms with Gasteiger partial charge in [-0.3, -0.25) is 15.6 Å². The summed E-state index contributed by atoms with van der Waals surface area (Å²) in [6, 6.07) is 17.8. The predicted octanol–water partition coefficient (Wildman–Crippen LogP) is 2.30. The summed E-state index contributed by atoms with van der Waals surface area (Å²) in [5.41, 5.74) is 5.78. The van der Waals surface area contributed by atoms with Crippen molar-refractivity contribution in [1.82, 2.24) is 5.43 Å². The van der Waals surface area contributed by atoms with Crippen LogP contribution in [0.1, 0.15) is 24.5 Å². The summed E-state index contributed by atoms with van der Waals surface area (Å²) in [5, 5.41) is 19.2. The third-order valence-corrected chi connectivity index (χ3v) is 3.24. The second-order valence-electron chi connectivity index (χ2n) is 5.18. The van der Waals surface area contributed by atoms with E-state index in [2.05, 4.69) is 10.9 Å². The molecule has 3 N–H and O–H groups in total. The van der Waals surface area contributed by atoms with Gasteiger partial charge in [-0.25, -0.2) is 0 Å². The molecule has 0 aliphatic rings. The van der Waals surface area contributed by atoms with Crippen LogP contribution >= 0.6 is 0 Å². The molecule has 0 fully saturated rings. The second kappa shape index (κ2) is 6.74. The Morgan fingerprint density at radius 3 is 2.64 bits per heavy atom. The predicted molar refractivity (Wildman–Crippen MR) is 83.6 cm³/mol. The standard InChI is InChI=1S/C17H17N3O2/c1-17(22,14-7-3-2-4-8-14)11-16(21)20-19-15-9-5-6-13(10-15)12-18/h2-10,19,22H,11H2,1H3,(H,20,21). The van der Waals surface area contributed by atoms with Crippen LogP contribution in [0.15, 0.2) is 54.6 Å². The molecular formula is C17H17N3O2. The molecule has 1 atom stereocenters. The van der Waals surface area contributed by atoms with E-state index in [1.165, 1.54) is 0 Å². The summed E-state index contributed by atoms with van der Waals surface area (Å²) in [5.74, 6) is -0.351. The monoisotopic (exact) mass is 295 g/mol. The third-order valence-electron chi connectivity index (χ3n) is 3.24. The van der Waals surface area contributed by atoms with Crippen LogP contribution in [-0.2, 0) is 10.4 Å². The van der Waals surface area contributed by atoms with Crippen LogP contribution in [0.5, 0.6) is 0 Å². The normalized spacial score (nSPS) is 12.8. The molecule has 0 saturated carbocycles. The average molecular weight is 295 g/mol. The Morgan fingerprint density at radius 1 is 1.23 bits per heavy atom. The van der Waals surface area contributed by atoms with E-state index in [1.54, 1.807) is 43.3 Å². The molecule has 2 aromatic rings. The van der Waals surface area contributed by atoms with E-state index in [9.17, 15) is 9.90 Å². The Hall–Kier alpha value is -2.84. The van der Waals surface area contributed by atoms with E-state index in [1.807, 2.05) is 24.3 Å². The van der Waals surface area contributed by atoms with Gasteiger partial charge in [-0.2, -0.15) is 5.26 Å². The van der Waals surface area contributed by atoms with Gasteiger partial charge in [0.05, 0.1) is 29.3 Å². The summed E-state index contributed by atoms with van der Waals surface area (Å²) in [7, 11) is 0. The number of hydrogen-bond acceptors (Lipinski definition) is 4. The molecule has 0 aromatic heterocycles. The van der Waals surface area contributed by atoms with Gasteiger partial charge in [0.1, 0.15) is 0 Å². The lowest BCUT2D eigenvalue weighted by Gasteiger charge is -2.23. The SMILES string of the molecule is CC(O)(CC(=O)NNc1cccc(C#N)c1)c1ccccc1. The minimum absolute atomic E-state index is 0.0814. The van der Waals surface area contributed by atoms with Gasteiger partial charge in [0.15, 0.2) is 0 Å². The first-order valence-corrected chi connectivity index (χ1v) is 6.84. The summed E-state index contributed by atoms with van der Waals surface area (Å²) < 4.78 is 0. The minimum Gasteiger partial charge on any atom is -0.385 e. The summed E-state index contributed by atoms with van der Waals surface area (Å²) in [4.78, 5) is 12.0. The number of carbonyl (C=O) groups is 1. The Kier molecular flexibility index (Phi) is 4.77.